The normalized spacial score (nSPS) is 14.8. The van der Waals surface area contributed by atoms with Gasteiger partial charge < -0.3 is 14.4 Å². The van der Waals surface area contributed by atoms with Gasteiger partial charge in [-0.2, -0.15) is 5.10 Å². The third-order valence-electron chi connectivity index (χ3n) is 5.46. The fourth-order valence-electron chi connectivity index (χ4n) is 3.74. The number of halogens is 1. The average molecular weight is 480 g/mol. The summed E-state index contributed by atoms with van der Waals surface area (Å²) in [7, 11) is 0. The van der Waals surface area contributed by atoms with Crippen LogP contribution in [0.3, 0.4) is 0 Å². The largest absolute Gasteiger partial charge is 0.486 e. The Morgan fingerprint density at radius 2 is 1.97 bits per heavy atom. The molecule has 0 aliphatic carbocycles. The Bertz CT molecular complexity index is 1310. The van der Waals surface area contributed by atoms with Crippen molar-refractivity contribution in [1.29, 1.82) is 0 Å². The second kappa shape index (κ2) is 9.68. The van der Waals surface area contributed by atoms with Gasteiger partial charge in [-0.15, -0.1) is 0 Å². The molecule has 0 radical (unpaired) electrons. The van der Waals surface area contributed by atoms with Crippen molar-refractivity contribution in [3.8, 4) is 17.2 Å². The number of likely N-dealkylation sites (N-methyl/N-ethyl adjacent to an activating group) is 1. The molecule has 5 rings (SSSR count). The molecule has 174 valence electrons. The Hall–Kier alpha value is -3.66. The number of carbonyl (C=O) groups is 1. The summed E-state index contributed by atoms with van der Waals surface area (Å²) in [5.74, 6) is 1.29. The van der Waals surface area contributed by atoms with Crippen molar-refractivity contribution in [2.45, 2.75) is 18.1 Å². The van der Waals surface area contributed by atoms with Crippen LogP contribution in [0.25, 0.3) is 16.7 Å². The molecule has 1 aliphatic heterocycles. The van der Waals surface area contributed by atoms with Crippen LogP contribution in [0.4, 0.5) is 4.39 Å². The SMILES string of the molecule is CCN(C[C@H]1COc2ccccc2O1)C(=O)CSc1ncnc2c1cnn2-c1ccc(F)cc1. The van der Waals surface area contributed by atoms with Gasteiger partial charge in [-0.25, -0.2) is 19.0 Å². The molecule has 1 amide bonds. The number of benzene rings is 2. The Kier molecular flexibility index (Phi) is 6.31. The molecule has 0 unspecified atom stereocenters. The number of carbonyl (C=O) groups excluding carboxylic acids is 1. The molecular formula is C24H22FN5O3S. The first-order valence-electron chi connectivity index (χ1n) is 10.9. The van der Waals surface area contributed by atoms with Gasteiger partial charge in [0.05, 0.1) is 29.6 Å². The number of nitrogens with zero attached hydrogens (tertiary/aromatic N) is 5. The van der Waals surface area contributed by atoms with E-state index in [0.717, 1.165) is 11.1 Å². The van der Waals surface area contributed by atoms with Gasteiger partial charge in [-0.05, 0) is 43.3 Å². The minimum atomic E-state index is -0.320. The molecule has 2 aromatic carbocycles. The van der Waals surface area contributed by atoms with Gasteiger partial charge >= 0.3 is 0 Å². The van der Waals surface area contributed by atoms with Crippen molar-refractivity contribution in [2.24, 2.45) is 0 Å². The summed E-state index contributed by atoms with van der Waals surface area (Å²) in [4.78, 5) is 23.4. The van der Waals surface area contributed by atoms with E-state index in [1.807, 2.05) is 31.2 Å². The van der Waals surface area contributed by atoms with Crippen molar-refractivity contribution in [3.05, 3.63) is 66.9 Å². The number of amides is 1. The van der Waals surface area contributed by atoms with Gasteiger partial charge in [0.25, 0.3) is 0 Å². The summed E-state index contributed by atoms with van der Waals surface area (Å²) in [5.41, 5.74) is 1.28. The third kappa shape index (κ3) is 4.54. The van der Waals surface area contributed by atoms with E-state index in [1.54, 1.807) is 27.9 Å². The van der Waals surface area contributed by atoms with Crippen molar-refractivity contribution < 1.29 is 18.7 Å². The number of aromatic nitrogens is 4. The van der Waals surface area contributed by atoms with Gasteiger partial charge in [0.1, 0.15) is 23.8 Å². The fraction of sp³-hybridized carbons (Fsp3) is 0.250. The van der Waals surface area contributed by atoms with E-state index in [4.69, 9.17) is 9.47 Å². The van der Waals surface area contributed by atoms with Crippen molar-refractivity contribution in [1.82, 2.24) is 24.6 Å². The standard InChI is InChI=1S/C24H22FN5O3S/c1-2-29(12-18-13-32-20-5-3-4-6-21(20)33-18)22(31)14-34-24-19-11-28-30(23(19)26-15-27-24)17-9-7-16(25)8-10-17/h3-11,15,18H,2,12-14H2,1H3/t18-/m0/s1. The molecule has 0 bridgehead atoms. The van der Waals surface area contributed by atoms with Crippen LogP contribution in [0, 0.1) is 5.82 Å². The molecular weight excluding hydrogens is 457 g/mol. The molecule has 34 heavy (non-hydrogen) atoms. The first-order chi connectivity index (χ1) is 16.6. The molecule has 0 saturated carbocycles. The molecule has 1 atom stereocenters. The molecule has 3 heterocycles. The summed E-state index contributed by atoms with van der Waals surface area (Å²) in [6.07, 6.45) is 2.87. The summed E-state index contributed by atoms with van der Waals surface area (Å²) in [6.45, 7) is 3.33. The molecule has 10 heteroatoms. The maximum Gasteiger partial charge on any atom is 0.233 e. The van der Waals surface area contributed by atoms with Crippen LogP contribution in [-0.4, -0.2) is 62.1 Å². The van der Waals surface area contributed by atoms with Gasteiger partial charge in [0.15, 0.2) is 23.3 Å². The minimum absolute atomic E-state index is 0.0207. The van der Waals surface area contributed by atoms with Crippen molar-refractivity contribution in [3.63, 3.8) is 0 Å². The number of hydrogen-bond acceptors (Lipinski definition) is 7. The molecule has 0 saturated heterocycles. The van der Waals surface area contributed by atoms with Gasteiger partial charge in [0.2, 0.25) is 5.91 Å². The van der Waals surface area contributed by atoms with Gasteiger partial charge in [-0.1, -0.05) is 23.9 Å². The molecule has 0 N–H and O–H groups in total. The second-order valence-electron chi connectivity index (χ2n) is 7.67. The highest BCUT2D eigenvalue weighted by Gasteiger charge is 2.25. The van der Waals surface area contributed by atoms with E-state index in [-0.39, 0.29) is 23.6 Å². The highest BCUT2D eigenvalue weighted by atomic mass is 32.2. The molecule has 1 aliphatic rings. The van der Waals surface area contributed by atoms with E-state index in [9.17, 15) is 9.18 Å². The Labute approximate surface area is 199 Å². The lowest BCUT2D eigenvalue weighted by atomic mass is 10.2. The van der Waals surface area contributed by atoms with Crippen LogP contribution < -0.4 is 9.47 Å². The van der Waals surface area contributed by atoms with Crippen LogP contribution in [0.2, 0.25) is 0 Å². The van der Waals surface area contributed by atoms with E-state index < -0.39 is 0 Å². The van der Waals surface area contributed by atoms with E-state index in [1.165, 1.54) is 30.2 Å². The summed E-state index contributed by atoms with van der Waals surface area (Å²) >= 11 is 1.34. The first-order valence-corrected chi connectivity index (χ1v) is 11.8. The topological polar surface area (TPSA) is 82.4 Å². The lowest BCUT2D eigenvalue weighted by molar-refractivity contribution is -0.129. The molecule has 8 nitrogen and oxygen atoms in total. The van der Waals surface area contributed by atoms with Crippen LogP contribution in [0.1, 0.15) is 6.92 Å². The summed E-state index contributed by atoms with van der Waals surface area (Å²) in [5, 5.41) is 5.77. The fourth-order valence-corrected chi connectivity index (χ4v) is 4.60. The zero-order valence-corrected chi connectivity index (χ0v) is 19.2. The van der Waals surface area contributed by atoms with E-state index in [2.05, 4.69) is 15.1 Å². The molecule has 0 fully saturated rings. The Morgan fingerprint density at radius 1 is 1.18 bits per heavy atom. The number of rotatable bonds is 7. The number of hydrogen-bond donors (Lipinski definition) is 0. The maximum atomic E-state index is 13.3. The number of para-hydroxylation sites is 2. The monoisotopic (exact) mass is 479 g/mol. The van der Waals surface area contributed by atoms with Gasteiger partial charge in [-0.3, -0.25) is 4.79 Å². The number of ether oxygens (including phenoxy) is 2. The zero-order chi connectivity index (χ0) is 23.5. The van der Waals surface area contributed by atoms with Crippen molar-refractivity contribution >= 4 is 28.7 Å². The molecule has 0 spiro atoms. The lowest BCUT2D eigenvalue weighted by Gasteiger charge is -2.30. The first kappa shape index (κ1) is 22.1. The van der Waals surface area contributed by atoms with Crippen LogP contribution in [0.5, 0.6) is 11.5 Å². The predicted octanol–water partition coefficient (Wildman–Crippen LogP) is 3.74. The number of fused-ring (bicyclic) bond motifs is 2. The van der Waals surface area contributed by atoms with Crippen LogP contribution >= 0.6 is 11.8 Å². The smallest absolute Gasteiger partial charge is 0.233 e. The molecule has 4 aromatic rings. The highest BCUT2D eigenvalue weighted by molar-refractivity contribution is 8.00. The predicted molar refractivity (Wildman–Crippen MR) is 126 cm³/mol. The summed E-state index contributed by atoms with van der Waals surface area (Å²) < 4.78 is 26.7. The van der Waals surface area contributed by atoms with E-state index in [0.29, 0.717) is 41.8 Å². The zero-order valence-electron chi connectivity index (χ0n) is 18.4. The quantitative estimate of drug-likeness (QED) is 0.295. The van der Waals surface area contributed by atoms with Crippen molar-refractivity contribution in [2.75, 3.05) is 25.4 Å². The van der Waals surface area contributed by atoms with Gasteiger partial charge in [0, 0.05) is 6.54 Å². The Morgan fingerprint density at radius 3 is 2.76 bits per heavy atom. The highest BCUT2D eigenvalue weighted by Crippen LogP contribution is 2.31. The minimum Gasteiger partial charge on any atom is -0.486 e. The maximum absolute atomic E-state index is 13.3. The van der Waals surface area contributed by atoms with Crippen LogP contribution in [-0.2, 0) is 4.79 Å². The molecule has 2 aromatic heterocycles. The number of thioether (sulfide) groups is 1. The second-order valence-corrected chi connectivity index (χ2v) is 8.63. The van der Waals surface area contributed by atoms with E-state index >= 15 is 0 Å². The van der Waals surface area contributed by atoms with Crippen LogP contribution in [0.15, 0.2) is 66.1 Å². The lowest BCUT2D eigenvalue weighted by Crippen LogP contribution is -2.44. The third-order valence-corrected chi connectivity index (χ3v) is 6.45. The summed E-state index contributed by atoms with van der Waals surface area (Å²) in [6, 6.07) is 13.5. The Balaban J connectivity index is 1.25. The average Bonchev–Trinajstić information content (AvgIpc) is 3.31.